The van der Waals surface area contributed by atoms with Crippen molar-refractivity contribution in [2.45, 2.75) is 52.4 Å². The standard InChI is InChI=1S/C70H52N2O4/c1-69(2,3)59-21-13-19-51-55-37-47(27-33-61(55)73-67(51)59)71(43-15-9-7-10-16-43)45-25-31-49-41(35-45)23-29-53-57-39-64-58(40-63(57)75-65(49)53)54-30-24-42-36-46(26-32-50(42)66(54)76-64)72(44-17-11-8-12-18-44)48-28-34-62-56(38-48)52-20-14-22-60(68(52)74-62)70(4,5)6/h7-40H,1-6H3. The van der Waals surface area contributed by atoms with Crippen molar-refractivity contribution in [1.29, 1.82) is 0 Å². The maximum absolute atomic E-state index is 6.88. The summed E-state index contributed by atoms with van der Waals surface area (Å²) in [5.41, 5.74) is 15.7. The molecule has 0 aliphatic carbocycles. The lowest BCUT2D eigenvalue weighted by molar-refractivity contribution is 0.572. The maximum Gasteiger partial charge on any atom is 0.143 e. The zero-order valence-electron chi connectivity index (χ0n) is 43.2. The van der Waals surface area contributed by atoms with Gasteiger partial charge >= 0.3 is 0 Å². The van der Waals surface area contributed by atoms with E-state index in [1.54, 1.807) is 0 Å². The molecular weight excluding hydrogens is 933 g/mol. The van der Waals surface area contributed by atoms with Crippen LogP contribution in [0.3, 0.4) is 0 Å². The zero-order chi connectivity index (χ0) is 51.2. The molecule has 15 aromatic rings. The molecule has 0 saturated heterocycles. The first-order chi connectivity index (χ1) is 36.9. The Morgan fingerprint density at radius 3 is 1.03 bits per heavy atom. The number of nitrogens with zero attached hydrogens (tertiary/aromatic N) is 2. The highest BCUT2D eigenvalue weighted by Gasteiger charge is 2.25. The van der Waals surface area contributed by atoms with Crippen molar-refractivity contribution in [2.75, 3.05) is 9.80 Å². The van der Waals surface area contributed by atoms with Crippen LogP contribution in [0.4, 0.5) is 34.1 Å². The summed E-state index contributed by atoms with van der Waals surface area (Å²) in [4.78, 5) is 4.64. The largest absolute Gasteiger partial charge is 0.456 e. The predicted octanol–water partition coefficient (Wildman–Crippen LogP) is 21.1. The highest BCUT2D eigenvalue weighted by molar-refractivity contribution is 6.22. The second kappa shape index (κ2) is 16.1. The number of fused-ring (bicyclic) bond motifs is 16. The normalized spacial score (nSPS) is 12.6. The molecule has 0 radical (unpaired) electrons. The highest BCUT2D eigenvalue weighted by atomic mass is 16.3. The van der Waals surface area contributed by atoms with Crippen molar-refractivity contribution in [3.8, 4) is 0 Å². The number of anilines is 6. The van der Waals surface area contributed by atoms with Gasteiger partial charge in [-0.25, -0.2) is 0 Å². The Hall–Kier alpha value is -9.26. The SMILES string of the molecule is CC(C)(C)c1cccc2c1oc1ccc(N(c3ccccc3)c3ccc4c(ccc5c6cc7oc8c9ccc(N(c%10ccccc%10)c%10ccc%11oc%12c(C(C)(C)C)cccc%12c%11c%10)cc9ccc8c7cc6oc45)c3)cc12. The van der Waals surface area contributed by atoms with Crippen LogP contribution in [0.5, 0.6) is 0 Å². The van der Waals surface area contributed by atoms with Crippen molar-refractivity contribution in [3.05, 3.63) is 217 Å². The highest BCUT2D eigenvalue weighted by Crippen LogP contribution is 2.47. The lowest BCUT2D eigenvalue weighted by atomic mass is 9.86. The quantitative estimate of drug-likeness (QED) is 0.165. The maximum atomic E-state index is 6.88. The molecule has 0 spiro atoms. The smallest absolute Gasteiger partial charge is 0.143 e. The second-order valence-corrected chi connectivity index (χ2v) is 22.5. The number of para-hydroxylation sites is 4. The van der Waals surface area contributed by atoms with Crippen LogP contribution in [-0.4, -0.2) is 0 Å². The van der Waals surface area contributed by atoms with Crippen LogP contribution in [0, 0.1) is 0 Å². The molecule has 0 saturated carbocycles. The molecule has 4 heterocycles. The third-order valence-electron chi connectivity index (χ3n) is 15.6. The van der Waals surface area contributed by atoms with Crippen LogP contribution in [0.15, 0.2) is 224 Å². The van der Waals surface area contributed by atoms with Crippen LogP contribution >= 0.6 is 0 Å². The summed E-state index contributed by atoms with van der Waals surface area (Å²) in [7, 11) is 0. The van der Waals surface area contributed by atoms with Gasteiger partial charge in [-0.3, -0.25) is 0 Å². The van der Waals surface area contributed by atoms with E-state index in [0.717, 1.165) is 143 Å². The number of hydrogen-bond acceptors (Lipinski definition) is 6. The molecule has 0 bridgehead atoms. The summed E-state index contributed by atoms with van der Waals surface area (Å²) in [5, 5.41) is 12.9. The molecule has 6 nitrogen and oxygen atoms in total. The van der Waals surface area contributed by atoms with E-state index >= 15 is 0 Å². The minimum atomic E-state index is -0.0510. The van der Waals surface area contributed by atoms with Crippen molar-refractivity contribution in [3.63, 3.8) is 0 Å². The summed E-state index contributed by atoms with van der Waals surface area (Å²) in [6.45, 7) is 13.4. The summed E-state index contributed by atoms with van der Waals surface area (Å²) >= 11 is 0. The topological polar surface area (TPSA) is 59.0 Å². The van der Waals surface area contributed by atoms with Gasteiger partial charge in [-0.1, -0.05) is 126 Å². The van der Waals surface area contributed by atoms with Crippen LogP contribution in [0.25, 0.3) is 109 Å². The van der Waals surface area contributed by atoms with E-state index in [4.69, 9.17) is 17.7 Å². The van der Waals surface area contributed by atoms with Gasteiger partial charge in [0.05, 0.1) is 0 Å². The molecule has 11 aromatic carbocycles. The molecule has 366 valence electrons. The molecule has 0 fully saturated rings. The molecule has 0 aliphatic heterocycles. The molecule has 15 rings (SSSR count). The molecule has 0 aliphatic rings. The molecule has 4 aromatic heterocycles. The Kier molecular flexibility index (Phi) is 9.38. The van der Waals surface area contributed by atoms with Crippen molar-refractivity contribution < 1.29 is 17.7 Å². The monoisotopic (exact) mass is 984 g/mol. The Bertz CT molecular complexity index is 4540. The minimum absolute atomic E-state index is 0.0510. The van der Waals surface area contributed by atoms with Crippen LogP contribution in [0.1, 0.15) is 52.7 Å². The van der Waals surface area contributed by atoms with Gasteiger partial charge in [0, 0.05) is 99.1 Å². The Labute approximate surface area is 438 Å². The third-order valence-corrected chi connectivity index (χ3v) is 15.6. The first-order valence-electron chi connectivity index (χ1n) is 26.2. The minimum Gasteiger partial charge on any atom is -0.456 e. The van der Waals surface area contributed by atoms with Gasteiger partial charge in [-0.2, -0.15) is 0 Å². The Balaban J connectivity index is 0.805. The van der Waals surface area contributed by atoms with Crippen molar-refractivity contribution >= 4 is 143 Å². The van der Waals surface area contributed by atoms with Gasteiger partial charge in [0.25, 0.3) is 0 Å². The summed E-state index contributed by atoms with van der Waals surface area (Å²) in [6, 6.07) is 73.7. The number of furan rings is 4. The van der Waals surface area contributed by atoms with Gasteiger partial charge in [0.15, 0.2) is 0 Å². The lowest BCUT2D eigenvalue weighted by Gasteiger charge is -2.26. The molecule has 0 atom stereocenters. The van der Waals surface area contributed by atoms with Crippen molar-refractivity contribution in [1.82, 2.24) is 0 Å². The predicted molar refractivity (Wildman–Crippen MR) is 317 cm³/mol. The average Bonchev–Trinajstić information content (AvgIpc) is 4.22. The fourth-order valence-corrected chi connectivity index (χ4v) is 12.0. The number of hydrogen-bond donors (Lipinski definition) is 0. The zero-order valence-corrected chi connectivity index (χ0v) is 43.2. The molecule has 76 heavy (non-hydrogen) atoms. The second-order valence-electron chi connectivity index (χ2n) is 22.5. The van der Waals surface area contributed by atoms with E-state index in [1.165, 1.54) is 11.1 Å². The molecule has 6 heteroatoms. The van der Waals surface area contributed by atoms with Gasteiger partial charge in [0.2, 0.25) is 0 Å². The van der Waals surface area contributed by atoms with Gasteiger partial charge < -0.3 is 27.5 Å². The third kappa shape index (κ3) is 6.80. The van der Waals surface area contributed by atoms with Crippen LogP contribution < -0.4 is 9.80 Å². The van der Waals surface area contributed by atoms with E-state index in [2.05, 4.69) is 258 Å². The first kappa shape index (κ1) is 44.2. The van der Waals surface area contributed by atoms with Crippen LogP contribution in [0.2, 0.25) is 0 Å². The first-order valence-corrected chi connectivity index (χ1v) is 26.2. The summed E-state index contributed by atoms with van der Waals surface area (Å²) in [5.74, 6) is 0. The average molecular weight is 985 g/mol. The Morgan fingerprint density at radius 2 is 0.605 bits per heavy atom. The fraction of sp³-hybridized carbons (Fsp3) is 0.114. The van der Waals surface area contributed by atoms with Gasteiger partial charge in [-0.15, -0.1) is 0 Å². The van der Waals surface area contributed by atoms with Gasteiger partial charge in [0.1, 0.15) is 44.7 Å². The molecule has 0 amide bonds. The lowest BCUT2D eigenvalue weighted by Crippen LogP contribution is -2.10. The van der Waals surface area contributed by atoms with Crippen molar-refractivity contribution in [2.24, 2.45) is 0 Å². The Morgan fingerprint density at radius 1 is 0.250 bits per heavy atom. The molecule has 0 N–H and O–H groups in total. The summed E-state index contributed by atoms with van der Waals surface area (Å²) in [6.07, 6.45) is 0. The van der Waals surface area contributed by atoms with Gasteiger partial charge in [-0.05, 0) is 143 Å². The number of rotatable bonds is 6. The van der Waals surface area contributed by atoms with E-state index < -0.39 is 0 Å². The number of benzene rings is 11. The molecule has 0 unspecified atom stereocenters. The summed E-state index contributed by atoms with van der Waals surface area (Å²) < 4.78 is 26.9. The fourth-order valence-electron chi connectivity index (χ4n) is 12.0. The van der Waals surface area contributed by atoms with E-state index in [9.17, 15) is 0 Å². The van der Waals surface area contributed by atoms with E-state index in [-0.39, 0.29) is 10.8 Å². The van der Waals surface area contributed by atoms with Crippen LogP contribution in [-0.2, 0) is 10.8 Å². The van der Waals surface area contributed by atoms with E-state index in [1.807, 2.05) is 0 Å². The van der Waals surface area contributed by atoms with E-state index in [0.29, 0.717) is 0 Å². The molecular formula is C70H52N2O4.